The number of aliphatic hydroxyl groups is 1. The minimum Gasteiger partial charge on any atom is -0.492 e. The second-order valence-electron chi connectivity index (χ2n) is 11.7. The number of carbonyl (C=O) groups excluding carboxylic acids is 3. The zero-order valence-corrected chi connectivity index (χ0v) is 30.4. The van der Waals surface area contributed by atoms with Gasteiger partial charge in [-0.25, -0.2) is 24.0 Å². The van der Waals surface area contributed by atoms with Crippen LogP contribution in [0.5, 0.6) is 17.2 Å². The van der Waals surface area contributed by atoms with Crippen LogP contribution < -0.4 is 19.5 Å². The summed E-state index contributed by atoms with van der Waals surface area (Å²) >= 11 is 0. The van der Waals surface area contributed by atoms with Crippen molar-refractivity contribution in [3.05, 3.63) is 125 Å². The van der Waals surface area contributed by atoms with Gasteiger partial charge in [-0.1, -0.05) is 53.6 Å². The maximum Gasteiger partial charge on any atom is 0.349 e. The minimum absolute atomic E-state index is 0.0332. The largest absolute Gasteiger partial charge is 0.492 e. The molecule has 15 nitrogen and oxygen atoms in total. The van der Waals surface area contributed by atoms with Crippen LogP contribution in [0.4, 0.5) is 0 Å². The van der Waals surface area contributed by atoms with Crippen LogP contribution in [-0.4, -0.2) is 103 Å². The molecular weight excluding hydrogens is 718 g/mol. The average Bonchev–Trinajstić information content (AvgIpc) is 3.18. The van der Waals surface area contributed by atoms with Crippen molar-refractivity contribution in [3.63, 3.8) is 0 Å². The highest BCUT2D eigenvalue weighted by Crippen LogP contribution is 2.18. The summed E-state index contributed by atoms with van der Waals surface area (Å²) in [4.78, 5) is 58.4. The topological polar surface area (TPSA) is 213 Å². The number of carbonyl (C=O) groups is 5. The van der Waals surface area contributed by atoms with Gasteiger partial charge in [0.25, 0.3) is 0 Å². The molecule has 0 saturated heterocycles. The Labute approximate surface area is 317 Å². The molecule has 15 heteroatoms. The number of aliphatic hydroxyl groups excluding tert-OH is 1. The first kappa shape index (κ1) is 43.0. The predicted octanol–water partition coefficient (Wildman–Crippen LogP) is 3.87. The van der Waals surface area contributed by atoms with Crippen LogP contribution in [0.1, 0.15) is 31.8 Å². The van der Waals surface area contributed by atoms with Crippen LogP contribution in [0.3, 0.4) is 0 Å². The number of rotatable bonds is 19. The third-order valence-corrected chi connectivity index (χ3v) is 7.33. The molecule has 0 aromatic heterocycles. The molecule has 0 radical (unpaired) electrons. The second-order valence-corrected chi connectivity index (χ2v) is 11.7. The fraction of sp³-hybridized carbons (Fsp3) is 0.275. The minimum atomic E-state index is -2.22. The Bertz CT molecular complexity index is 1740. The van der Waals surface area contributed by atoms with Gasteiger partial charge in [0.05, 0.1) is 18.2 Å². The van der Waals surface area contributed by atoms with E-state index < -0.39 is 48.2 Å². The summed E-state index contributed by atoms with van der Waals surface area (Å²) in [5, 5.41) is 31.6. The summed E-state index contributed by atoms with van der Waals surface area (Å²) in [6, 6.07) is 28.4. The molecule has 4 rings (SSSR count). The van der Waals surface area contributed by atoms with Crippen LogP contribution in [0.2, 0.25) is 0 Å². The summed E-state index contributed by atoms with van der Waals surface area (Å²) in [6.45, 7) is 5.14. The Morgan fingerprint density at radius 3 is 1.53 bits per heavy atom. The van der Waals surface area contributed by atoms with Crippen LogP contribution in [0, 0.1) is 13.8 Å². The van der Waals surface area contributed by atoms with E-state index in [2.05, 4.69) is 10.1 Å². The standard InChI is InChI=1S/C20H25NO6.C20H18O8/c1-24-20(23)15-27-19-9-7-18(8-10-19)25-12-11-21-13-16(22)14-26-17-5-3-2-4-6-17;1-11-3-7-13(8-4-11)19(25)27-15(17(21)22)16(18(23)24)28-20(26)14-9-5-12(2)6-10-14/h2-10,16,21-22H,11-15H2,1H3;3-10,15-16H,1-2H3,(H,21,22)(H,23,24). The van der Waals surface area contributed by atoms with Gasteiger partial charge in [0, 0.05) is 13.1 Å². The second kappa shape index (κ2) is 22.6. The van der Waals surface area contributed by atoms with Crippen molar-refractivity contribution >= 4 is 29.8 Å². The molecule has 292 valence electrons. The van der Waals surface area contributed by atoms with Crippen molar-refractivity contribution in [3.8, 4) is 17.2 Å². The average molecular weight is 762 g/mol. The molecule has 4 N–H and O–H groups in total. The number of hydrogen-bond acceptors (Lipinski definition) is 13. The van der Waals surface area contributed by atoms with E-state index in [-0.39, 0.29) is 24.3 Å². The van der Waals surface area contributed by atoms with E-state index in [9.17, 15) is 39.3 Å². The first-order valence-corrected chi connectivity index (χ1v) is 16.9. The molecule has 0 fully saturated rings. The lowest BCUT2D eigenvalue weighted by Gasteiger charge is -2.21. The predicted molar refractivity (Wildman–Crippen MR) is 196 cm³/mol. The molecular formula is C40H43NO14. The Kier molecular flexibility index (Phi) is 17.6. The maximum absolute atomic E-state index is 12.2. The zero-order valence-electron chi connectivity index (χ0n) is 30.4. The molecule has 4 aromatic carbocycles. The molecule has 0 spiro atoms. The van der Waals surface area contributed by atoms with E-state index in [1.54, 1.807) is 62.4 Å². The van der Waals surface area contributed by atoms with Gasteiger partial charge in [0.1, 0.15) is 36.6 Å². The summed E-state index contributed by atoms with van der Waals surface area (Å²) in [5.41, 5.74) is 1.79. The normalized spacial score (nSPS) is 12.0. The molecule has 55 heavy (non-hydrogen) atoms. The molecule has 3 unspecified atom stereocenters. The quantitative estimate of drug-likeness (QED) is 0.0607. The number of nitrogens with one attached hydrogen (secondary N) is 1. The Balaban J connectivity index is 0.000000296. The van der Waals surface area contributed by atoms with Gasteiger partial charge in [-0.2, -0.15) is 0 Å². The van der Waals surface area contributed by atoms with Gasteiger partial charge < -0.3 is 49.1 Å². The van der Waals surface area contributed by atoms with Crippen molar-refractivity contribution in [2.24, 2.45) is 0 Å². The van der Waals surface area contributed by atoms with Gasteiger partial charge in [0.2, 0.25) is 12.2 Å². The van der Waals surface area contributed by atoms with E-state index in [0.29, 0.717) is 31.2 Å². The number of carboxylic acid groups (broad SMARTS) is 2. The lowest BCUT2D eigenvalue weighted by molar-refractivity contribution is -0.166. The van der Waals surface area contributed by atoms with Crippen molar-refractivity contribution in [1.29, 1.82) is 0 Å². The smallest absolute Gasteiger partial charge is 0.349 e. The van der Waals surface area contributed by atoms with Gasteiger partial charge in [0.15, 0.2) is 6.61 Å². The fourth-order valence-electron chi connectivity index (χ4n) is 4.34. The Morgan fingerprint density at radius 2 is 1.07 bits per heavy atom. The number of esters is 3. The number of para-hydroxylation sites is 1. The highest BCUT2D eigenvalue weighted by atomic mass is 16.6. The maximum atomic E-state index is 12.2. The third kappa shape index (κ3) is 15.6. The first-order valence-electron chi connectivity index (χ1n) is 16.9. The molecule has 4 aromatic rings. The van der Waals surface area contributed by atoms with E-state index in [1.807, 2.05) is 30.3 Å². The summed E-state index contributed by atoms with van der Waals surface area (Å²) in [7, 11) is 1.31. The molecule has 0 aliphatic rings. The van der Waals surface area contributed by atoms with E-state index in [0.717, 1.165) is 16.9 Å². The highest BCUT2D eigenvalue weighted by molar-refractivity contribution is 5.95. The van der Waals surface area contributed by atoms with Crippen molar-refractivity contribution < 1.29 is 67.7 Å². The monoisotopic (exact) mass is 761 g/mol. The van der Waals surface area contributed by atoms with E-state index >= 15 is 0 Å². The molecule has 0 heterocycles. The van der Waals surface area contributed by atoms with Crippen molar-refractivity contribution in [1.82, 2.24) is 5.32 Å². The number of ether oxygens (including phenoxy) is 6. The number of hydrogen-bond donors (Lipinski definition) is 4. The number of methoxy groups -OCH3 is 1. The molecule has 0 saturated carbocycles. The van der Waals surface area contributed by atoms with Crippen LogP contribution >= 0.6 is 0 Å². The SMILES string of the molecule is COC(=O)COc1ccc(OCCNCC(O)COc2ccccc2)cc1.Cc1ccc(C(=O)OC(C(=O)O)C(OC(=O)c2ccc(C)cc2)C(=O)O)cc1. The van der Waals surface area contributed by atoms with Gasteiger partial charge in [-0.15, -0.1) is 0 Å². The lowest BCUT2D eigenvalue weighted by atomic mass is 10.1. The molecule has 0 amide bonds. The number of aliphatic carboxylic acids is 2. The third-order valence-electron chi connectivity index (χ3n) is 7.33. The summed E-state index contributed by atoms with van der Waals surface area (Å²) < 4.78 is 30.5. The molecule has 0 aliphatic carbocycles. The van der Waals surface area contributed by atoms with E-state index in [4.69, 9.17) is 23.7 Å². The zero-order chi connectivity index (χ0) is 40.2. The van der Waals surface area contributed by atoms with Gasteiger partial charge in [-0.3, -0.25) is 0 Å². The lowest BCUT2D eigenvalue weighted by Crippen LogP contribution is -2.45. The van der Waals surface area contributed by atoms with Gasteiger partial charge in [-0.05, 0) is 74.5 Å². The summed E-state index contributed by atoms with van der Waals surface area (Å²) in [5.74, 6) is -4.07. The van der Waals surface area contributed by atoms with Crippen molar-refractivity contribution in [2.45, 2.75) is 32.2 Å². The molecule has 0 aliphatic heterocycles. The van der Waals surface area contributed by atoms with E-state index in [1.165, 1.54) is 31.4 Å². The Morgan fingerprint density at radius 1 is 0.618 bits per heavy atom. The number of aryl methyl sites for hydroxylation is 2. The van der Waals surface area contributed by atoms with Crippen molar-refractivity contribution in [2.75, 3.05) is 40.0 Å². The van der Waals surface area contributed by atoms with Crippen LogP contribution in [0.15, 0.2) is 103 Å². The van der Waals surface area contributed by atoms with Crippen LogP contribution in [-0.2, 0) is 28.6 Å². The fourth-order valence-corrected chi connectivity index (χ4v) is 4.34. The number of benzene rings is 4. The molecule has 3 atom stereocenters. The first-order chi connectivity index (χ1) is 26.4. The Hall–Kier alpha value is -6.45. The van der Waals surface area contributed by atoms with Gasteiger partial charge >= 0.3 is 29.8 Å². The highest BCUT2D eigenvalue weighted by Gasteiger charge is 2.41. The molecule has 0 bridgehead atoms. The van der Waals surface area contributed by atoms with Crippen LogP contribution in [0.25, 0.3) is 0 Å². The summed E-state index contributed by atoms with van der Waals surface area (Å²) in [6.07, 6.45) is -5.04. The number of carboxylic acids is 2.